The van der Waals surface area contributed by atoms with E-state index in [0.29, 0.717) is 5.56 Å². The Morgan fingerprint density at radius 2 is 2.06 bits per heavy atom. The molecule has 2 aromatic carbocycles. The summed E-state index contributed by atoms with van der Waals surface area (Å²) < 4.78 is 5.66. The van der Waals surface area contributed by atoms with Crippen molar-refractivity contribution in [2.24, 2.45) is 5.92 Å². The second-order valence-electron chi connectivity index (χ2n) is 8.94. The van der Waals surface area contributed by atoms with E-state index < -0.39 is 5.97 Å². The van der Waals surface area contributed by atoms with Gasteiger partial charge in [0, 0.05) is 48.3 Å². The van der Waals surface area contributed by atoms with Crippen LogP contribution >= 0.6 is 0 Å². The van der Waals surface area contributed by atoms with Crippen LogP contribution in [0, 0.1) is 12.8 Å². The smallest absolute Gasteiger partial charge is 0.335 e. The van der Waals surface area contributed by atoms with E-state index in [1.54, 1.807) is 37.4 Å². The average molecular weight is 436 g/mol. The number of aromatic nitrogens is 1. The molecule has 2 fully saturated rings. The summed E-state index contributed by atoms with van der Waals surface area (Å²) in [5, 5.41) is 9.67. The number of fused-ring (bicyclic) bond motifs is 2. The summed E-state index contributed by atoms with van der Waals surface area (Å²) in [4.78, 5) is 18.7. The van der Waals surface area contributed by atoms with Gasteiger partial charge in [0.25, 0.3) is 0 Å². The highest BCUT2D eigenvalue weighted by Crippen LogP contribution is 2.44. The molecule has 1 aliphatic heterocycles. The number of hydrogen-bond donors (Lipinski definition) is 2. The molecule has 170 valence electrons. The van der Waals surface area contributed by atoms with Gasteiger partial charge in [-0.3, -0.25) is 4.90 Å². The number of nitrogens with zero attached hydrogens (tertiary/aromatic N) is 2. The summed E-state index contributed by atoms with van der Waals surface area (Å²) in [6.07, 6.45) is 4.89. The number of aromatic carboxylic acids is 1. The molecule has 3 aromatic rings. The monoisotopic (exact) mass is 435 g/mol. The Kier molecular flexibility index (Phi) is 6.82. The van der Waals surface area contributed by atoms with Crippen molar-refractivity contribution in [3.05, 3.63) is 65.4 Å². The van der Waals surface area contributed by atoms with Crippen LogP contribution in [-0.2, 0) is 6.54 Å². The minimum atomic E-state index is -0.879. The van der Waals surface area contributed by atoms with Crippen LogP contribution in [0.25, 0.3) is 10.9 Å². The van der Waals surface area contributed by atoms with Gasteiger partial charge >= 0.3 is 5.97 Å². The zero-order valence-electron chi connectivity index (χ0n) is 19.2. The Morgan fingerprint density at radius 1 is 1.28 bits per heavy atom. The molecule has 2 atom stereocenters. The highest BCUT2D eigenvalue weighted by Gasteiger charge is 2.46. The zero-order valence-corrected chi connectivity index (χ0v) is 19.2. The molecular weight excluding hydrogens is 402 g/mol. The lowest BCUT2D eigenvalue weighted by molar-refractivity contribution is 0.0697. The Labute approximate surface area is 189 Å². The summed E-state index contributed by atoms with van der Waals surface area (Å²) in [5.74, 6) is 1.15. The minimum Gasteiger partial charge on any atom is -0.496 e. The molecule has 1 saturated carbocycles. The predicted octanol–water partition coefficient (Wildman–Crippen LogP) is 4.40. The normalized spacial score (nSPS) is 19.5. The quantitative estimate of drug-likeness (QED) is 0.576. The van der Waals surface area contributed by atoms with Crippen molar-refractivity contribution >= 4 is 16.9 Å². The molecule has 32 heavy (non-hydrogen) atoms. The maximum Gasteiger partial charge on any atom is 0.335 e. The molecule has 1 saturated heterocycles. The van der Waals surface area contributed by atoms with E-state index >= 15 is 0 Å². The number of H-pyrrole nitrogens is 1. The van der Waals surface area contributed by atoms with Gasteiger partial charge < -0.3 is 19.7 Å². The van der Waals surface area contributed by atoms with Gasteiger partial charge in [0.2, 0.25) is 0 Å². The number of carbonyl (C=O) groups is 1. The van der Waals surface area contributed by atoms with Crippen molar-refractivity contribution in [3.63, 3.8) is 0 Å². The number of aromatic amines is 1. The largest absolute Gasteiger partial charge is 0.496 e. The average Bonchev–Trinajstić information content (AvgIpc) is 3.21. The number of ether oxygens (including phenoxy) is 1. The predicted molar refractivity (Wildman–Crippen MR) is 127 cm³/mol. The van der Waals surface area contributed by atoms with Crippen LogP contribution in [0.5, 0.6) is 5.75 Å². The summed E-state index contributed by atoms with van der Waals surface area (Å²) in [5.41, 5.74) is 4.10. The Hall–Kier alpha value is -2.83. The summed E-state index contributed by atoms with van der Waals surface area (Å²) in [6, 6.07) is 13.5. The van der Waals surface area contributed by atoms with E-state index in [9.17, 15) is 4.79 Å². The van der Waals surface area contributed by atoms with Gasteiger partial charge in [-0.1, -0.05) is 18.2 Å². The van der Waals surface area contributed by atoms with Crippen LogP contribution in [0.4, 0.5) is 0 Å². The summed E-state index contributed by atoms with van der Waals surface area (Å²) in [6.45, 7) is 6.68. The second-order valence-corrected chi connectivity index (χ2v) is 8.94. The van der Waals surface area contributed by atoms with E-state index in [1.807, 2.05) is 6.20 Å². The Morgan fingerprint density at radius 3 is 2.66 bits per heavy atom. The molecule has 0 radical (unpaired) electrons. The third-order valence-electron chi connectivity index (χ3n) is 6.69. The van der Waals surface area contributed by atoms with Gasteiger partial charge in [-0.25, -0.2) is 4.79 Å². The number of hydrogen-bond acceptors (Lipinski definition) is 4. The maximum absolute atomic E-state index is 10.2. The van der Waals surface area contributed by atoms with Crippen molar-refractivity contribution in [2.45, 2.75) is 32.4 Å². The lowest BCUT2D eigenvalue weighted by Gasteiger charge is -2.24. The molecule has 1 aliphatic carbocycles. The summed E-state index contributed by atoms with van der Waals surface area (Å²) in [7, 11) is 3.99. The fraction of sp³-hybridized carbons (Fsp3) is 0.423. The molecule has 0 spiro atoms. The molecular formula is C26H33N3O3. The van der Waals surface area contributed by atoms with Crippen molar-refractivity contribution in [1.82, 2.24) is 14.8 Å². The van der Waals surface area contributed by atoms with Gasteiger partial charge in [0.15, 0.2) is 0 Å². The molecule has 5 rings (SSSR count). The van der Waals surface area contributed by atoms with E-state index in [2.05, 4.69) is 40.9 Å². The first-order chi connectivity index (χ1) is 15.5. The molecule has 0 bridgehead atoms. The topological polar surface area (TPSA) is 68.8 Å². The Bertz CT molecular complexity index is 1060. The molecule has 6 nitrogen and oxygen atoms in total. The second kappa shape index (κ2) is 9.76. The first-order valence-electron chi connectivity index (χ1n) is 11.3. The third-order valence-corrected chi connectivity index (χ3v) is 6.69. The van der Waals surface area contributed by atoms with E-state index in [1.165, 1.54) is 48.0 Å². The molecule has 1 aromatic heterocycles. The lowest BCUT2D eigenvalue weighted by atomic mass is 10.0. The molecule has 2 N–H and O–H groups in total. The number of benzene rings is 2. The van der Waals surface area contributed by atoms with Crippen LogP contribution < -0.4 is 4.74 Å². The van der Waals surface area contributed by atoms with Crippen molar-refractivity contribution < 1.29 is 14.6 Å². The fourth-order valence-electron chi connectivity index (χ4n) is 4.77. The van der Waals surface area contributed by atoms with Crippen LogP contribution in [0.15, 0.2) is 48.7 Å². The van der Waals surface area contributed by atoms with Crippen molar-refractivity contribution in [2.75, 3.05) is 33.8 Å². The maximum atomic E-state index is 10.2. The number of methoxy groups -OCH3 is 1. The third kappa shape index (κ3) is 4.97. The summed E-state index contributed by atoms with van der Waals surface area (Å²) >= 11 is 0. The van der Waals surface area contributed by atoms with E-state index in [4.69, 9.17) is 9.84 Å². The van der Waals surface area contributed by atoms with E-state index in [0.717, 1.165) is 30.8 Å². The highest BCUT2D eigenvalue weighted by atomic mass is 16.5. The van der Waals surface area contributed by atoms with Crippen molar-refractivity contribution in [3.8, 4) is 5.75 Å². The minimum absolute atomic E-state index is 0.331. The first kappa shape index (κ1) is 22.4. The molecule has 2 heterocycles. The van der Waals surface area contributed by atoms with Gasteiger partial charge in [-0.05, 0) is 69.1 Å². The van der Waals surface area contributed by atoms with E-state index in [-0.39, 0.29) is 0 Å². The van der Waals surface area contributed by atoms with Gasteiger partial charge in [-0.15, -0.1) is 0 Å². The number of nitrogens with one attached hydrogen (secondary N) is 1. The number of carboxylic acid groups (broad SMARTS) is 1. The van der Waals surface area contributed by atoms with Gasteiger partial charge in [0.05, 0.1) is 12.7 Å². The molecule has 2 aliphatic rings. The lowest BCUT2D eigenvalue weighted by Crippen LogP contribution is -2.33. The SMILES string of the molecule is COc1cc(C)c2[nH]ccc2c1CN(C)CCN1CCC2CC21.O=C(O)c1ccccc1. The number of piperidine rings is 1. The first-order valence-corrected chi connectivity index (χ1v) is 11.3. The molecule has 0 amide bonds. The zero-order chi connectivity index (χ0) is 22.7. The molecule has 2 unspecified atom stereocenters. The van der Waals surface area contributed by atoms with Crippen molar-refractivity contribution in [1.29, 1.82) is 0 Å². The highest BCUT2D eigenvalue weighted by molar-refractivity contribution is 5.88. The number of carboxylic acids is 1. The standard InChI is InChI=1S/C19H27N3O.C7H6O2/c1-13-10-18(23-3)16(15-4-6-20-19(13)15)12-21(2)8-9-22-7-5-14-11-17(14)22;8-7(9)6-4-2-1-3-5-6/h4,6,10,14,17,20H,5,7-9,11-12H2,1-3H3;1-5H,(H,8,9). The molecule has 6 heteroatoms. The number of likely N-dealkylation sites (N-methyl/N-ethyl adjacent to an activating group) is 1. The van der Waals surface area contributed by atoms with Crippen LogP contribution in [-0.4, -0.2) is 65.7 Å². The van der Waals surface area contributed by atoms with Gasteiger partial charge in [0.1, 0.15) is 5.75 Å². The Balaban J connectivity index is 0.000000230. The fourth-order valence-corrected chi connectivity index (χ4v) is 4.77. The number of rotatable bonds is 7. The van der Waals surface area contributed by atoms with Crippen LogP contribution in [0.3, 0.4) is 0 Å². The number of aryl methyl sites for hydroxylation is 1. The van der Waals surface area contributed by atoms with Crippen LogP contribution in [0.1, 0.15) is 34.3 Å². The number of likely N-dealkylation sites (tertiary alicyclic amines) is 1. The van der Waals surface area contributed by atoms with Gasteiger partial charge in [-0.2, -0.15) is 0 Å². The van der Waals surface area contributed by atoms with Crippen LogP contribution in [0.2, 0.25) is 0 Å².